The highest BCUT2D eigenvalue weighted by atomic mass is 19.4. The third-order valence-electron chi connectivity index (χ3n) is 5.61. The van der Waals surface area contributed by atoms with Crippen LogP contribution in [0.4, 0.5) is 13.2 Å². The molecule has 29 heavy (non-hydrogen) atoms. The fourth-order valence-electron chi connectivity index (χ4n) is 4.25. The lowest BCUT2D eigenvalue weighted by molar-refractivity contribution is -0.137. The molecule has 2 fully saturated rings. The van der Waals surface area contributed by atoms with Gasteiger partial charge in [-0.1, -0.05) is 6.07 Å². The zero-order valence-electron chi connectivity index (χ0n) is 15.7. The second kappa shape index (κ2) is 7.53. The van der Waals surface area contributed by atoms with Crippen LogP contribution in [0.3, 0.4) is 0 Å². The van der Waals surface area contributed by atoms with E-state index in [0.717, 1.165) is 31.4 Å². The van der Waals surface area contributed by atoms with Crippen LogP contribution in [-0.2, 0) is 6.18 Å². The number of nitrogens with zero attached hydrogens (tertiary/aromatic N) is 3. The van der Waals surface area contributed by atoms with Gasteiger partial charge in [0, 0.05) is 18.4 Å². The molecule has 1 aliphatic heterocycles. The monoisotopic (exact) mass is 407 g/mol. The number of hydrogen-bond acceptors (Lipinski definition) is 5. The second-order valence-corrected chi connectivity index (χ2v) is 7.30. The molecule has 0 unspecified atom stereocenters. The van der Waals surface area contributed by atoms with E-state index in [-0.39, 0.29) is 42.3 Å². The topological polar surface area (TPSA) is 64.5 Å². The van der Waals surface area contributed by atoms with Gasteiger partial charge >= 0.3 is 12.2 Å². The van der Waals surface area contributed by atoms with Gasteiger partial charge in [0.25, 0.3) is 5.91 Å². The Bertz CT molecular complexity index is 889. The maximum absolute atomic E-state index is 13.0. The lowest BCUT2D eigenvalue weighted by Gasteiger charge is -2.35. The molecule has 1 aromatic heterocycles. The summed E-state index contributed by atoms with van der Waals surface area (Å²) in [4.78, 5) is 22.8. The molecule has 0 spiro atoms. The lowest BCUT2D eigenvalue weighted by atomic mass is 9.99. The normalized spacial score (nSPS) is 23.3. The van der Waals surface area contributed by atoms with Crippen molar-refractivity contribution < 1.29 is 27.4 Å². The maximum Gasteiger partial charge on any atom is 0.416 e. The third kappa shape index (κ3) is 3.86. The summed E-state index contributed by atoms with van der Waals surface area (Å²) in [5.74, 6) is 0.217. The van der Waals surface area contributed by atoms with Crippen molar-refractivity contribution in [3.8, 4) is 11.8 Å². The number of methoxy groups -OCH3 is 1. The Morgan fingerprint density at radius 3 is 2.69 bits per heavy atom. The number of benzene rings is 1. The van der Waals surface area contributed by atoms with Crippen LogP contribution in [0.2, 0.25) is 0 Å². The molecule has 1 saturated carbocycles. The van der Waals surface area contributed by atoms with E-state index in [1.165, 1.54) is 31.6 Å². The number of fused-ring (bicyclic) bond motifs is 2. The number of halogens is 3. The van der Waals surface area contributed by atoms with E-state index in [1.54, 1.807) is 4.90 Å². The summed E-state index contributed by atoms with van der Waals surface area (Å²) < 4.78 is 49.3. The summed E-state index contributed by atoms with van der Waals surface area (Å²) in [5, 5.41) is 0. The van der Waals surface area contributed by atoms with E-state index in [0.29, 0.717) is 5.56 Å². The zero-order valence-corrected chi connectivity index (χ0v) is 15.7. The van der Waals surface area contributed by atoms with Crippen molar-refractivity contribution in [2.24, 2.45) is 5.92 Å². The quantitative estimate of drug-likeness (QED) is 0.758. The number of carbonyl (C=O) groups is 1. The number of rotatable bonds is 5. The molecule has 154 valence electrons. The zero-order chi connectivity index (χ0) is 20.6. The van der Waals surface area contributed by atoms with Crippen LogP contribution in [0.1, 0.15) is 35.2 Å². The summed E-state index contributed by atoms with van der Waals surface area (Å²) in [6.07, 6.45) is 1.18. The van der Waals surface area contributed by atoms with E-state index in [9.17, 15) is 18.0 Å². The molecule has 0 N–H and O–H groups in total. The van der Waals surface area contributed by atoms with Crippen LogP contribution in [0.25, 0.3) is 0 Å². The molecule has 2 aliphatic rings. The molecule has 1 saturated heterocycles. The molecule has 4 rings (SSSR count). The minimum Gasteiger partial charge on any atom is -0.491 e. The number of hydrogen-bond donors (Lipinski definition) is 0. The number of carbonyl (C=O) groups excluding carboxylic acids is 1. The van der Waals surface area contributed by atoms with Crippen molar-refractivity contribution in [1.29, 1.82) is 0 Å². The van der Waals surface area contributed by atoms with Crippen molar-refractivity contribution in [3.05, 3.63) is 47.8 Å². The van der Waals surface area contributed by atoms with Gasteiger partial charge in [-0.2, -0.15) is 13.2 Å². The van der Waals surface area contributed by atoms with Gasteiger partial charge in [0.15, 0.2) is 0 Å². The molecule has 2 bridgehead atoms. The van der Waals surface area contributed by atoms with Crippen molar-refractivity contribution in [2.75, 3.05) is 13.7 Å². The molecule has 0 radical (unpaired) electrons. The average Bonchev–Trinajstić information content (AvgIpc) is 3.33. The van der Waals surface area contributed by atoms with Gasteiger partial charge in [-0.25, -0.2) is 9.97 Å². The Kier molecular flexibility index (Phi) is 5.06. The van der Waals surface area contributed by atoms with E-state index in [1.807, 2.05) is 0 Å². The van der Waals surface area contributed by atoms with E-state index >= 15 is 0 Å². The molecule has 3 atom stereocenters. The number of piperidine rings is 1. The number of aromatic nitrogens is 2. The summed E-state index contributed by atoms with van der Waals surface area (Å²) in [7, 11) is 1.44. The van der Waals surface area contributed by atoms with Crippen molar-refractivity contribution in [3.63, 3.8) is 0 Å². The number of likely N-dealkylation sites (tertiary alicyclic amines) is 1. The number of amides is 1. The van der Waals surface area contributed by atoms with E-state index < -0.39 is 11.7 Å². The SMILES string of the molecule is COc1ncc(C(=O)N2[C@@H]3CC[C@@H](C3)[C@@H]2COc2cccc(C(F)(F)F)c2)cn1. The first-order valence-electron chi connectivity index (χ1n) is 9.35. The first-order valence-corrected chi connectivity index (χ1v) is 9.35. The van der Waals surface area contributed by atoms with Crippen molar-refractivity contribution in [2.45, 2.75) is 37.5 Å². The fourth-order valence-corrected chi connectivity index (χ4v) is 4.25. The Labute approximate surface area is 165 Å². The standard InChI is InChI=1S/C20H20F3N3O3/c1-28-19-24-9-13(10-25-19)18(27)26-15-6-5-12(7-15)17(26)11-29-16-4-2-3-14(8-16)20(21,22)23/h2-4,8-10,12,15,17H,5-7,11H2,1H3/t12-,15+,17-/m0/s1. The van der Waals surface area contributed by atoms with Gasteiger partial charge in [0.1, 0.15) is 12.4 Å². The van der Waals surface area contributed by atoms with E-state index in [2.05, 4.69) is 9.97 Å². The first-order chi connectivity index (χ1) is 13.9. The fraction of sp³-hybridized carbons (Fsp3) is 0.450. The van der Waals surface area contributed by atoms with Gasteiger partial charge < -0.3 is 14.4 Å². The predicted octanol–water partition coefficient (Wildman–Crippen LogP) is 3.58. The van der Waals surface area contributed by atoms with Gasteiger partial charge in [-0.05, 0) is 43.4 Å². The summed E-state index contributed by atoms with van der Waals surface area (Å²) in [6.45, 7) is 0.144. The molecule has 2 heterocycles. The Hall–Kier alpha value is -2.84. The van der Waals surface area contributed by atoms with Crippen LogP contribution >= 0.6 is 0 Å². The highest BCUT2D eigenvalue weighted by molar-refractivity contribution is 5.94. The maximum atomic E-state index is 13.0. The minimum absolute atomic E-state index is 0.102. The van der Waals surface area contributed by atoms with Crippen molar-refractivity contribution in [1.82, 2.24) is 14.9 Å². The second-order valence-electron chi connectivity index (χ2n) is 7.30. The molecule has 9 heteroatoms. The Balaban J connectivity index is 1.49. The molecule has 1 aliphatic carbocycles. The highest BCUT2D eigenvalue weighted by Gasteiger charge is 2.48. The summed E-state index contributed by atoms with van der Waals surface area (Å²) in [5.41, 5.74) is -0.409. The van der Waals surface area contributed by atoms with Gasteiger partial charge in [0.2, 0.25) is 0 Å². The van der Waals surface area contributed by atoms with Crippen LogP contribution in [-0.4, -0.2) is 46.6 Å². The number of ether oxygens (including phenoxy) is 2. The third-order valence-corrected chi connectivity index (χ3v) is 5.61. The molecule has 1 aromatic carbocycles. The van der Waals surface area contributed by atoms with Crippen LogP contribution in [0.15, 0.2) is 36.7 Å². The molecule has 6 nitrogen and oxygen atoms in total. The first kappa shape index (κ1) is 19.5. The van der Waals surface area contributed by atoms with E-state index in [4.69, 9.17) is 9.47 Å². The summed E-state index contributed by atoms with van der Waals surface area (Å²) >= 11 is 0. The van der Waals surface area contributed by atoms with Crippen LogP contribution in [0.5, 0.6) is 11.8 Å². The molecule has 2 aromatic rings. The largest absolute Gasteiger partial charge is 0.491 e. The highest BCUT2D eigenvalue weighted by Crippen LogP contribution is 2.43. The van der Waals surface area contributed by atoms with Gasteiger partial charge in [-0.3, -0.25) is 4.79 Å². The minimum atomic E-state index is -4.43. The average molecular weight is 407 g/mol. The molecular weight excluding hydrogens is 387 g/mol. The van der Waals surface area contributed by atoms with Crippen LogP contribution in [0, 0.1) is 5.92 Å². The lowest BCUT2D eigenvalue weighted by Crippen LogP contribution is -2.47. The molecule has 1 amide bonds. The number of alkyl halides is 3. The Morgan fingerprint density at radius 2 is 2.00 bits per heavy atom. The van der Waals surface area contributed by atoms with Gasteiger partial charge in [-0.15, -0.1) is 0 Å². The predicted molar refractivity (Wildman–Crippen MR) is 96.6 cm³/mol. The Morgan fingerprint density at radius 1 is 1.24 bits per heavy atom. The van der Waals surface area contributed by atoms with Crippen molar-refractivity contribution >= 4 is 5.91 Å². The summed E-state index contributed by atoms with van der Waals surface area (Å²) in [6, 6.07) is 4.87. The smallest absolute Gasteiger partial charge is 0.416 e. The molecular formula is C20H20F3N3O3. The van der Waals surface area contributed by atoms with Gasteiger partial charge in [0.05, 0.1) is 24.3 Å². The van der Waals surface area contributed by atoms with Crippen LogP contribution < -0.4 is 9.47 Å².